The fourth-order valence-corrected chi connectivity index (χ4v) is 1.88. The van der Waals surface area contributed by atoms with Gasteiger partial charge in [-0.05, 0) is 36.8 Å². The van der Waals surface area contributed by atoms with E-state index in [1.807, 2.05) is 0 Å². The summed E-state index contributed by atoms with van der Waals surface area (Å²) in [6, 6.07) is 6.57. The van der Waals surface area contributed by atoms with Crippen molar-refractivity contribution in [3.05, 3.63) is 65.0 Å². The molecule has 1 unspecified atom stereocenters. The Morgan fingerprint density at radius 2 is 1.71 bits per heavy atom. The van der Waals surface area contributed by atoms with Crippen molar-refractivity contribution in [2.75, 3.05) is 5.73 Å². The molecule has 2 rings (SSSR count). The first-order valence-corrected chi connectivity index (χ1v) is 6.19. The van der Waals surface area contributed by atoms with Crippen molar-refractivity contribution < 1.29 is 18.0 Å². The van der Waals surface area contributed by atoms with Gasteiger partial charge in [0.25, 0.3) is 5.91 Å². The van der Waals surface area contributed by atoms with Crippen molar-refractivity contribution >= 4 is 11.6 Å². The van der Waals surface area contributed by atoms with Crippen molar-refractivity contribution in [3.8, 4) is 0 Å². The van der Waals surface area contributed by atoms with Gasteiger partial charge >= 0.3 is 0 Å². The van der Waals surface area contributed by atoms with E-state index >= 15 is 0 Å². The van der Waals surface area contributed by atoms with E-state index in [1.165, 1.54) is 24.3 Å². The number of nitrogen functional groups attached to an aromatic ring is 1. The van der Waals surface area contributed by atoms with E-state index in [-0.39, 0.29) is 0 Å². The van der Waals surface area contributed by atoms with Crippen LogP contribution in [0.5, 0.6) is 0 Å². The Hall–Kier alpha value is -2.50. The van der Waals surface area contributed by atoms with E-state index in [0.29, 0.717) is 5.56 Å². The highest BCUT2D eigenvalue weighted by atomic mass is 19.1. The minimum Gasteiger partial charge on any atom is -0.396 e. The van der Waals surface area contributed by atoms with Crippen LogP contribution in [0.15, 0.2) is 36.4 Å². The molecule has 0 heterocycles. The van der Waals surface area contributed by atoms with Crippen LogP contribution < -0.4 is 11.1 Å². The molecule has 1 atom stereocenters. The molecular formula is C15H13F3N2O. The minimum absolute atomic E-state index is 0.402. The van der Waals surface area contributed by atoms with E-state index < -0.39 is 40.7 Å². The maximum Gasteiger partial charge on any atom is 0.254 e. The minimum atomic E-state index is -0.972. The van der Waals surface area contributed by atoms with Crippen LogP contribution in [0.3, 0.4) is 0 Å². The molecule has 2 aromatic rings. The van der Waals surface area contributed by atoms with Gasteiger partial charge in [0.1, 0.15) is 11.6 Å². The lowest BCUT2D eigenvalue weighted by Crippen LogP contribution is -2.27. The van der Waals surface area contributed by atoms with E-state index in [9.17, 15) is 18.0 Å². The van der Waals surface area contributed by atoms with Crippen LogP contribution in [-0.4, -0.2) is 5.91 Å². The Balaban J connectivity index is 2.20. The Bertz CT molecular complexity index is 671. The predicted molar refractivity (Wildman–Crippen MR) is 73.1 cm³/mol. The van der Waals surface area contributed by atoms with Crippen molar-refractivity contribution in [2.24, 2.45) is 0 Å². The number of rotatable bonds is 3. The summed E-state index contributed by atoms with van der Waals surface area (Å²) in [5, 5.41) is 2.50. The van der Waals surface area contributed by atoms with Gasteiger partial charge in [-0.15, -0.1) is 0 Å². The fourth-order valence-electron chi connectivity index (χ4n) is 1.88. The molecule has 0 aliphatic heterocycles. The number of hydrogen-bond acceptors (Lipinski definition) is 2. The highest BCUT2D eigenvalue weighted by Crippen LogP contribution is 2.19. The molecule has 0 aliphatic carbocycles. The zero-order chi connectivity index (χ0) is 15.6. The molecule has 21 heavy (non-hydrogen) atoms. The molecule has 0 aliphatic rings. The van der Waals surface area contributed by atoms with Gasteiger partial charge < -0.3 is 11.1 Å². The Morgan fingerprint density at radius 3 is 2.33 bits per heavy atom. The van der Waals surface area contributed by atoms with Crippen LogP contribution in [0.2, 0.25) is 0 Å². The SMILES string of the molecule is CC(NC(=O)c1cc(F)cc(N)c1F)c1ccc(F)cc1. The van der Waals surface area contributed by atoms with Gasteiger partial charge in [-0.3, -0.25) is 4.79 Å². The van der Waals surface area contributed by atoms with Crippen molar-refractivity contribution in [2.45, 2.75) is 13.0 Å². The molecule has 1 amide bonds. The molecule has 110 valence electrons. The molecule has 0 aromatic heterocycles. The Morgan fingerprint density at radius 1 is 1.10 bits per heavy atom. The first-order chi connectivity index (χ1) is 9.88. The topological polar surface area (TPSA) is 55.1 Å². The Labute approximate surface area is 119 Å². The first kappa shape index (κ1) is 14.9. The molecule has 2 aromatic carbocycles. The monoisotopic (exact) mass is 294 g/mol. The number of halogens is 3. The number of amides is 1. The molecule has 3 nitrogen and oxygen atoms in total. The van der Waals surface area contributed by atoms with E-state index in [0.717, 1.165) is 12.1 Å². The summed E-state index contributed by atoms with van der Waals surface area (Å²) in [4.78, 5) is 12.0. The molecule has 0 bridgehead atoms. The summed E-state index contributed by atoms with van der Waals surface area (Å²) >= 11 is 0. The predicted octanol–water partition coefficient (Wildman–Crippen LogP) is 3.18. The number of nitrogens with one attached hydrogen (secondary N) is 1. The van der Waals surface area contributed by atoms with Crippen LogP contribution in [-0.2, 0) is 0 Å². The number of carbonyl (C=O) groups is 1. The molecule has 3 N–H and O–H groups in total. The number of anilines is 1. The van der Waals surface area contributed by atoms with Crippen LogP contribution in [0, 0.1) is 17.5 Å². The summed E-state index contributed by atoms with van der Waals surface area (Å²) in [7, 11) is 0. The van der Waals surface area contributed by atoms with Gasteiger partial charge in [0.15, 0.2) is 5.82 Å². The maximum atomic E-state index is 13.7. The van der Waals surface area contributed by atoms with Gasteiger partial charge in [0.2, 0.25) is 0 Å². The van der Waals surface area contributed by atoms with Crippen LogP contribution >= 0.6 is 0 Å². The summed E-state index contributed by atoms with van der Waals surface area (Å²) < 4.78 is 39.8. The molecule has 0 fully saturated rings. The largest absolute Gasteiger partial charge is 0.396 e. The van der Waals surface area contributed by atoms with E-state index in [1.54, 1.807) is 6.92 Å². The summed E-state index contributed by atoms with van der Waals surface area (Å²) in [5.74, 6) is -2.97. The van der Waals surface area contributed by atoms with Gasteiger partial charge in [-0.2, -0.15) is 0 Å². The third-order valence-electron chi connectivity index (χ3n) is 3.03. The van der Waals surface area contributed by atoms with Crippen molar-refractivity contribution in [3.63, 3.8) is 0 Å². The number of benzene rings is 2. The van der Waals surface area contributed by atoms with Gasteiger partial charge in [-0.1, -0.05) is 12.1 Å². The van der Waals surface area contributed by atoms with Crippen LogP contribution in [0.4, 0.5) is 18.9 Å². The second-order valence-corrected chi connectivity index (χ2v) is 4.60. The zero-order valence-corrected chi connectivity index (χ0v) is 11.2. The van der Waals surface area contributed by atoms with Crippen LogP contribution in [0.1, 0.15) is 28.9 Å². The lowest BCUT2D eigenvalue weighted by atomic mass is 10.1. The highest BCUT2D eigenvalue weighted by Gasteiger charge is 2.18. The Kier molecular flexibility index (Phi) is 4.16. The average Bonchev–Trinajstić information content (AvgIpc) is 2.43. The average molecular weight is 294 g/mol. The van der Waals surface area contributed by atoms with Gasteiger partial charge in [0.05, 0.1) is 17.3 Å². The van der Waals surface area contributed by atoms with Crippen molar-refractivity contribution in [1.82, 2.24) is 5.32 Å². The quantitative estimate of drug-likeness (QED) is 0.854. The fraction of sp³-hybridized carbons (Fsp3) is 0.133. The van der Waals surface area contributed by atoms with Gasteiger partial charge in [0, 0.05) is 0 Å². The van der Waals surface area contributed by atoms with Crippen molar-refractivity contribution in [1.29, 1.82) is 0 Å². The lowest BCUT2D eigenvalue weighted by molar-refractivity contribution is 0.0935. The standard InChI is InChI=1S/C15H13F3N2O/c1-8(9-2-4-10(16)5-3-9)20-15(21)12-6-11(17)7-13(19)14(12)18/h2-8H,19H2,1H3,(H,20,21). The maximum absolute atomic E-state index is 13.7. The number of carbonyl (C=O) groups excluding carboxylic acids is 1. The molecule has 0 saturated heterocycles. The highest BCUT2D eigenvalue weighted by molar-refractivity contribution is 5.95. The third kappa shape index (κ3) is 3.34. The third-order valence-corrected chi connectivity index (χ3v) is 3.03. The smallest absolute Gasteiger partial charge is 0.254 e. The summed E-state index contributed by atoms with van der Waals surface area (Å²) in [6.07, 6.45) is 0. The molecule has 0 radical (unpaired) electrons. The molecule has 0 spiro atoms. The first-order valence-electron chi connectivity index (χ1n) is 6.19. The number of nitrogens with two attached hydrogens (primary N) is 1. The molecule has 6 heteroatoms. The van der Waals surface area contributed by atoms with Gasteiger partial charge in [-0.25, -0.2) is 13.2 Å². The second-order valence-electron chi connectivity index (χ2n) is 4.60. The molecular weight excluding hydrogens is 281 g/mol. The van der Waals surface area contributed by atoms with Crippen LogP contribution in [0.25, 0.3) is 0 Å². The normalized spacial score (nSPS) is 12.0. The summed E-state index contributed by atoms with van der Waals surface area (Å²) in [6.45, 7) is 1.64. The van der Waals surface area contributed by atoms with E-state index in [4.69, 9.17) is 5.73 Å². The zero-order valence-electron chi connectivity index (χ0n) is 11.2. The summed E-state index contributed by atoms with van der Waals surface area (Å²) in [5.41, 5.74) is 5.01. The number of hydrogen-bond donors (Lipinski definition) is 2. The molecule has 0 saturated carbocycles. The lowest BCUT2D eigenvalue weighted by Gasteiger charge is -2.15. The van der Waals surface area contributed by atoms with E-state index in [2.05, 4.69) is 5.32 Å². The second kappa shape index (κ2) is 5.87.